The fourth-order valence-corrected chi connectivity index (χ4v) is 4.31. The summed E-state index contributed by atoms with van der Waals surface area (Å²) in [7, 11) is -1.94. The van der Waals surface area contributed by atoms with E-state index in [-0.39, 0.29) is 10.9 Å². The van der Waals surface area contributed by atoms with Crippen molar-refractivity contribution in [3.63, 3.8) is 0 Å². The highest BCUT2D eigenvalue weighted by Crippen LogP contribution is 2.30. The highest BCUT2D eigenvalue weighted by molar-refractivity contribution is 7.89. The molecule has 7 nitrogen and oxygen atoms in total. The highest BCUT2D eigenvalue weighted by Gasteiger charge is 2.35. The van der Waals surface area contributed by atoms with Crippen molar-refractivity contribution in [2.45, 2.75) is 31.0 Å². The van der Waals surface area contributed by atoms with E-state index in [9.17, 15) is 8.42 Å². The number of rotatable bonds is 4. The van der Waals surface area contributed by atoms with Gasteiger partial charge in [0, 0.05) is 32.6 Å². The normalized spacial score (nSPS) is 19.1. The number of fused-ring (bicyclic) bond motifs is 1. The molecule has 3 heterocycles. The predicted molar refractivity (Wildman–Crippen MR) is 79.5 cm³/mol. The summed E-state index contributed by atoms with van der Waals surface area (Å²) in [6.45, 7) is 3.29. The number of imidazole rings is 1. The van der Waals surface area contributed by atoms with Gasteiger partial charge in [0.1, 0.15) is 10.7 Å². The zero-order valence-electron chi connectivity index (χ0n) is 12.5. The first kappa shape index (κ1) is 15.1. The Balaban J connectivity index is 1.95. The van der Waals surface area contributed by atoms with Gasteiger partial charge < -0.3 is 9.30 Å². The summed E-state index contributed by atoms with van der Waals surface area (Å²) in [6, 6.07) is 2.86. The third-order valence-corrected chi connectivity index (χ3v) is 5.81. The Morgan fingerprint density at radius 2 is 2.18 bits per heavy atom. The Morgan fingerprint density at radius 3 is 2.86 bits per heavy atom. The number of hydrogen-bond acceptors (Lipinski definition) is 5. The van der Waals surface area contributed by atoms with Gasteiger partial charge in [-0.2, -0.15) is 4.31 Å². The summed E-state index contributed by atoms with van der Waals surface area (Å²) >= 11 is 0. The second-order valence-corrected chi connectivity index (χ2v) is 7.06. The van der Waals surface area contributed by atoms with Crippen molar-refractivity contribution in [1.29, 1.82) is 0 Å². The number of methoxy groups -OCH3 is 1. The SMILES string of the molecule is COCc1cnc2n1CCN(S(=O)(=O)c1cccnc1)[C@H]2C. The van der Waals surface area contributed by atoms with Gasteiger partial charge in [-0.15, -0.1) is 0 Å². The molecular formula is C14H18N4O3S. The number of sulfonamides is 1. The van der Waals surface area contributed by atoms with Gasteiger partial charge in [-0.1, -0.05) is 0 Å². The minimum atomic E-state index is -3.57. The molecule has 0 saturated heterocycles. The van der Waals surface area contributed by atoms with E-state index in [0.717, 1.165) is 11.5 Å². The van der Waals surface area contributed by atoms with Gasteiger partial charge in [-0.05, 0) is 19.1 Å². The molecule has 0 amide bonds. The molecule has 3 rings (SSSR count). The molecule has 0 spiro atoms. The van der Waals surface area contributed by atoms with Gasteiger partial charge in [0.05, 0.1) is 24.5 Å². The molecule has 8 heteroatoms. The molecule has 0 radical (unpaired) electrons. The number of nitrogens with zero attached hydrogens (tertiary/aromatic N) is 4. The topological polar surface area (TPSA) is 77.3 Å². The van der Waals surface area contributed by atoms with E-state index in [4.69, 9.17) is 4.74 Å². The van der Waals surface area contributed by atoms with Crippen molar-refractivity contribution >= 4 is 10.0 Å². The van der Waals surface area contributed by atoms with Crippen molar-refractivity contribution in [3.05, 3.63) is 42.2 Å². The van der Waals surface area contributed by atoms with Crippen LogP contribution in [0, 0.1) is 0 Å². The molecule has 0 fully saturated rings. The van der Waals surface area contributed by atoms with Crippen LogP contribution in [0.2, 0.25) is 0 Å². The van der Waals surface area contributed by atoms with Crippen molar-refractivity contribution in [3.8, 4) is 0 Å². The van der Waals surface area contributed by atoms with Crippen LogP contribution < -0.4 is 0 Å². The van der Waals surface area contributed by atoms with Crippen LogP contribution in [0.3, 0.4) is 0 Å². The van der Waals surface area contributed by atoms with E-state index in [1.807, 2.05) is 11.5 Å². The Kier molecular flexibility index (Phi) is 3.98. The monoisotopic (exact) mass is 322 g/mol. The molecule has 0 unspecified atom stereocenters. The number of pyridine rings is 1. The number of ether oxygens (including phenoxy) is 1. The molecule has 2 aromatic rings. The van der Waals surface area contributed by atoms with E-state index in [0.29, 0.717) is 19.7 Å². The number of hydrogen-bond donors (Lipinski definition) is 0. The maximum absolute atomic E-state index is 12.8. The van der Waals surface area contributed by atoms with Gasteiger partial charge >= 0.3 is 0 Å². The standard InChI is InChI=1S/C14H18N4O3S/c1-11-14-16-8-12(10-21-2)17(14)6-7-18(11)22(19,20)13-4-3-5-15-9-13/h3-5,8-9,11H,6-7,10H2,1-2H3/t11-/m0/s1. The Labute approximate surface area is 129 Å². The van der Waals surface area contributed by atoms with E-state index < -0.39 is 10.0 Å². The third kappa shape index (κ3) is 2.43. The highest BCUT2D eigenvalue weighted by atomic mass is 32.2. The van der Waals surface area contributed by atoms with Crippen molar-refractivity contribution in [1.82, 2.24) is 18.8 Å². The van der Waals surface area contributed by atoms with Crippen LogP contribution in [0.25, 0.3) is 0 Å². The summed E-state index contributed by atoms with van der Waals surface area (Å²) in [5.41, 5.74) is 0.961. The molecular weight excluding hydrogens is 304 g/mol. The average molecular weight is 322 g/mol. The molecule has 0 saturated carbocycles. The van der Waals surface area contributed by atoms with E-state index in [2.05, 4.69) is 9.97 Å². The van der Waals surface area contributed by atoms with Crippen LogP contribution in [0.4, 0.5) is 0 Å². The summed E-state index contributed by atoms with van der Waals surface area (Å²) < 4.78 is 34.2. The van der Waals surface area contributed by atoms with Gasteiger partial charge in [0.25, 0.3) is 0 Å². The summed E-state index contributed by atoms with van der Waals surface area (Å²) in [6.07, 6.45) is 4.68. The molecule has 0 aliphatic carbocycles. The van der Waals surface area contributed by atoms with Crippen molar-refractivity contribution < 1.29 is 13.2 Å². The van der Waals surface area contributed by atoms with Crippen molar-refractivity contribution in [2.75, 3.05) is 13.7 Å². The lowest BCUT2D eigenvalue weighted by Crippen LogP contribution is -2.41. The molecule has 0 N–H and O–H groups in total. The first-order valence-corrected chi connectivity index (χ1v) is 8.45. The lowest BCUT2D eigenvalue weighted by atomic mass is 10.2. The summed E-state index contributed by atoms with van der Waals surface area (Å²) in [5.74, 6) is 0.741. The largest absolute Gasteiger partial charge is 0.378 e. The van der Waals surface area contributed by atoms with Crippen LogP contribution in [0.1, 0.15) is 24.5 Å². The molecule has 0 bridgehead atoms. The smallest absolute Gasteiger partial charge is 0.245 e. The first-order valence-electron chi connectivity index (χ1n) is 7.01. The summed E-state index contributed by atoms with van der Waals surface area (Å²) in [5, 5.41) is 0. The molecule has 1 aliphatic rings. The molecule has 1 atom stereocenters. The van der Waals surface area contributed by atoms with Crippen LogP contribution in [-0.4, -0.2) is 40.9 Å². The van der Waals surface area contributed by atoms with Gasteiger partial charge in [-0.3, -0.25) is 4.98 Å². The van der Waals surface area contributed by atoms with Crippen LogP contribution in [0.5, 0.6) is 0 Å². The fraction of sp³-hybridized carbons (Fsp3) is 0.429. The molecule has 0 aromatic carbocycles. The second kappa shape index (κ2) is 5.79. The maximum Gasteiger partial charge on any atom is 0.245 e. The lowest BCUT2D eigenvalue weighted by molar-refractivity contribution is 0.173. The second-order valence-electron chi connectivity index (χ2n) is 5.17. The zero-order chi connectivity index (χ0) is 15.7. The van der Waals surface area contributed by atoms with Crippen LogP contribution in [0.15, 0.2) is 35.6 Å². The first-order chi connectivity index (χ1) is 10.6. The maximum atomic E-state index is 12.8. The summed E-state index contributed by atoms with van der Waals surface area (Å²) in [4.78, 5) is 8.48. The van der Waals surface area contributed by atoms with Gasteiger partial charge in [-0.25, -0.2) is 13.4 Å². The van der Waals surface area contributed by atoms with Gasteiger partial charge in [0.2, 0.25) is 10.0 Å². The quantitative estimate of drug-likeness (QED) is 0.845. The minimum absolute atomic E-state index is 0.207. The Bertz CT molecular complexity index is 758. The fourth-order valence-electron chi connectivity index (χ4n) is 2.77. The van der Waals surface area contributed by atoms with Crippen molar-refractivity contribution in [2.24, 2.45) is 0 Å². The Morgan fingerprint density at radius 1 is 1.36 bits per heavy atom. The minimum Gasteiger partial charge on any atom is -0.378 e. The Hall–Kier alpha value is -1.77. The molecule has 118 valence electrons. The van der Waals surface area contributed by atoms with E-state index >= 15 is 0 Å². The molecule has 2 aromatic heterocycles. The predicted octanol–water partition coefficient (Wildman–Crippen LogP) is 1.19. The van der Waals surface area contributed by atoms with E-state index in [1.54, 1.807) is 31.6 Å². The van der Waals surface area contributed by atoms with Gasteiger partial charge in [0.15, 0.2) is 0 Å². The number of aromatic nitrogens is 3. The van der Waals surface area contributed by atoms with Crippen LogP contribution in [-0.2, 0) is 27.9 Å². The molecule has 22 heavy (non-hydrogen) atoms. The lowest BCUT2D eigenvalue weighted by Gasteiger charge is -2.33. The zero-order valence-corrected chi connectivity index (χ0v) is 13.3. The molecule has 1 aliphatic heterocycles. The average Bonchev–Trinajstić information content (AvgIpc) is 2.93. The van der Waals surface area contributed by atoms with Crippen LogP contribution >= 0.6 is 0 Å². The third-order valence-electron chi connectivity index (χ3n) is 3.85. The van der Waals surface area contributed by atoms with E-state index in [1.165, 1.54) is 10.5 Å².